The number of nitrogens with one attached hydrogen (secondary N) is 2. The first-order valence-electron chi connectivity index (χ1n) is 7.05. The third kappa shape index (κ3) is 2.55. The molecule has 2 heterocycles. The van der Waals surface area contributed by atoms with E-state index < -0.39 is 0 Å². The Labute approximate surface area is 133 Å². The molecule has 0 saturated carbocycles. The Hall–Kier alpha value is -2.40. The molecule has 0 fully saturated rings. The van der Waals surface area contributed by atoms with Crippen LogP contribution < -0.4 is 16.0 Å². The minimum atomic E-state index is -0.172. The second-order valence-corrected chi connectivity index (χ2v) is 6.53. The fourth-order valence-electron chi connectivity index (χ4n) is 2.61. The number of rotatable bonds is 2. The molecular formula is C17H18N3OS+. The second-order valence-electron chi connectivity index (χ2n) is 5.51. The van der Waals surface area contributed by atoms with E-state index in [1.807, 2.05) is 51.1 Å². The molecule has 0 aliphatic carbocycles. The number of nitrogen functional groups attached to an aromatic ring is 1. The fraction of sp³-hybridized carbons (Fsp3) is 0.176. The Bertz CT molecular complexity index is 883. The maximum absolute atomic E-state index is 12.5. The van der Waals surface area contributed by atoms with E-state index in [1.165, 1.54) is 11.3 Å². The average molecular weight is 312 g/mol. The van der Waals surface area contributed by atoms with Crippen molar-refractivity contribution in [3.63, 3.8) is 0 Å². The van der Waals surface area contributed by atoms with E-state index in [1.54, 1.807) is 0 Å². The molecule has 0 saturated heterocycles. The highest BCUT2D eigenvalue weighted by atomic mass is 32.1. The van der Waals surface area contributed by atoms with Crippen LogP contribution >= 0.6 is 11.3 Å². The highest BCUT2D eigenvalue weighted by molar-refractivity contribution is 7.20. The minimum absolute atomic E-state index is 0.172. The molecule has 5 heteroatoms. The van der Waals surface area contributed by atoms with Crippen LogP contribution in [0.15, 0.2) is 30.3 Å². The monoisotopic (exact) mass is 312 g/mol. The van der Waals surface area contributed by atoms with Crippen LogP contribution in [-0.2, 0) is 0 Å². The van der Waals surface area contributed by atoms with Gasteiger partial charge in [0.2, 0.25) is 0 Å². The van der Waals surface area contributed by atoms with Crippen molar-refractivity contribution in [3.05, 3.63) is 52.0 Å². The summed E-state index contributed by atoms with van der Waals surface area (Å²) in [6, 6.07) is 9.75. The summed E-state index contributed by atoms with van der Waals surface area (Å²) in [5.74, 6) is -0.172. The molecule has 4 nitrogen and oxygen atoms in total. The molecule has 0 atom stereocenters. The van der Waals surface area contributed by atoms with Gasteiger partial charge in [0.05, 0.1) is 11.1 Å². The zero-order chi connectivity index (χ0) is 15.9. The van der Waals surface area contributed by atoms with E-state index in [0.29, 0.717) is 10.6 Å². The molecule has 3 rings (SSSR count). The van der Waals surface area contributed by atoms with Crippen LogP contribution in [0.1, 0.15) is 26.5 Å². The lowest BCUT2D eigenvalue weighted by atomic mass is 10.1. The molecule has 4 N–H and O–H groups in total. The summed E-state index contributed by atoms with van der Waals surface area (Å²) in [6.45, 7) is 5.99. The third-order valence-corrected chi connectivity index (χ3v) is 4.69. The molecule has 1 aromatic carbocycles. The van der Waals surface area contributed by atoms with Gasteiger partial charge in [-0.25, -0.2) is 0 Å². The van der Waals surface area contributed by atoms with Gasteiger partial charge in [0.1, 0.15) is 4.88 Å². The first-order valence-corrected chi connectivity index (χ1v) is 7.87. The van der Waals surface area contributed by atoms with Gasteiger partial charge in [-0.05, 0) is 37.1 Å². The van der Waals surface area contributed by atoms with Crippen LogP contribution in [0.3, 0.4) is 0 Å². The topological polar surface area (TPSA) is 69.3 Å². The third-order valence-electron chi connectivity index (χ3n) is 3.57. The number of thiophene rings is 1. The lowest BCUT2D eigenvalue weighted by Gasteiger charge is -2.05. The van der Waals surface area contributed by atoms with Gasteiger partial charge in [0.25, 0.3) is 10.7 Å². The summed E-state index contributed by atoms with van der Waals surface area (Å²) in [7, 11) is 0. The predicted molar refractivity (Wildman–Crippen MR) is 91.4 cm³/mol. The number of pyridine rings is 1. The van der Waals surface area contributed by atoms with Gasteiger partial charge in [-0.1, -0.05) is 23.5 Å². The number of nitrogens with two attached hydrogens (primary N) is 1. The standard InChI is InChI=1S/C17H17N3OS/c1-9-5-4-6-12(7-9)20-16(21)15-14(18)13-10(2)8-11(3)19-17(13)22-15/h4-8H,18H2,1-3H3,(H,20,21)/p+1. The Morgan fingerprint density at radius 3 is 2.73 bits per heavy atom. The second kappa shape index (κ2) is 5.42. The molecule has 112 valence electrons. The molecule has 22 heavy (non-hydrogen) atoms. The lowest BCUT2D eigenvalue weighted by molar-refractivity contribution is -0.351. The zero-order valence-electron chi connectivity index (χ0n) is 12.8. The van der Waals surface area contributed by atoms with Crippen molar-refractivity contribution in [1.29, 1.82) is 0 Å². The number of carbonyl (C=O) groups excluding carboxylic acids is 1. The molecule has 0 spiro atoms. The highest BCUT2D eigenvalue weighted by Crippen LogP contribution is 2.33. The van der Waals surface area contributed by atoms with Crippen molar-refractivity contribution in [2.45, 2.75) is 20.8 Å². The van der Waals surface area contributed by atoms with E-state index in [9.17, 15) is 4.79 Å². The van der Waals surface area contributed by atoms with Crippen molar-refractivity contribution in [2.24, 2.45) is 0 Å². The summed E-state index contributed by atoms with van der Waals surface area (Å²) in [4.78, 5) is 17.3. The first kappa shape index (κ1) is 14.5. The van der Waals surface area contributed by atoms with E-state index in [-0.39, 0.29) is 5.91 Å². The Morgan fingerprint density at radius 2 is 2.00 bits per heavy atom. The number of anilines is 2. The largest absolute Gasteiger partial charge is 0.397 e. The van der Waals surface area contributed by atoms with Crippen LogP contribution in [0.4, 0.5) is 11.4 Å². The number of hydrogen-bond acceptors (Lipinski definition) is 3. The van der Waals surface area contributed by atoms with Gasteiger partial charge in [0, 0.05) is 18.7 Å². The number of carbonyl (C=O) groups is 1. The fourth-order valence-corrected chi connectivity index (χ4v) is 3.76. The number of aromatic amines is 1. The van der Waals surface area contributed by atoms with Crippen molar-refractivity contribution in [3.8, 4) is 0 Å². The smallest absolute Gasteiger partial charge is 0.270 e. The van der Waals surface area contributed by atoms with Gasteiger partial charge in [-0.2, -0.15) is 4.98 Å². The summed E-state index contributed by atoms with van der Waals surface area (Å²) in [5.41, 5.74) is 10.8. The maximum atomic E-state index is 12.5. The normalized spacial score (nSPS) is 10.9. The van der Waals surface area contributed by atoms with Crippen molar-refractivity contribution in [2.75, 3.05) is 11.1 Å². The molecule has 0 aliphatic rings. The van der Waals surface area contributed by atoms with Crippen LogP contribution in [-0.4, -0.2) is 5.91 Å². The number of fused-ring (bicyclic) bond motifs is 1. The first-order chi connectivity index (χ1) is 10.5. The van der Waals surface area contributed by atoms with E-state index in [4.69, 9.17) is 5.73 Å². The molecular weight excluding hydrogens is 294 g/mol. The van der Waals surface area contributed by atoms with Crippen LogP contribution in [0.2, 0.25) is 0 Å². The van der Waals surface area contributed by atoms with E-state index in [2.05, 4.69) is 10.3 Å². The summed E-state index contributed by atoms with van der Waals surface area (Å²) < 4.78 is 0. The number of aromatic nitrogens is 1. The average Bonchev–Trinajstić information content (AvgIpc) is 2.76. The van der Waals surface area contributed by atoms with Gasteiger partial charge in [-0.15, -0.1) is 0 Å². The highest BCUT2D eigenvalue weighted by Gasteiger charge is 2.22. The van der Waals surface area contributed by atoms with Crippen LogP contribution in [0.25, 0.3) is 10.2 Å². The number of H-pyrrole nitrogens is 1. The predicted octanol–water partition coefficient (Wildman–Crippen LogP) is 3.48. The molecule has 0 unspecified atom stereocenters. The van der Waals surface area contributed by atoms with Gasteiger partial charge < -0.3 is 11.1 Å². The van der Waals surface area contributed by atoms with Gasteiger partial charge in [-0.3, -0.25) is 4.79 Å². The lowest BCUT2D eigenvalue weighted by Crippen LogP contribution is -2.12. The van der Waals surface area contributed by atoms with Gasteiger partial charge >= 0.3 is 0 Å². The molecule has 0 bridgehead atoms. The Kier molecular flexibility index (Phi) is 3.58. The van der Waals surface area contributed by atoms with Crippen LogP contribution in [0, 0.1) is 20.8 Å². The number of hydrogen-bond donors (Lipinski definition) is 2. The van der Waals surface area contributed by atoms with Crippen molar-refractivity contribution < 1.29 is 9.78 Å². The number of benzene rings is 1. The SMILES string of the molecule is Cc1cccc(NC(=O)c2sc3[nH+]c(C)cc(C)c3c2N)c1. The summed E-state index contributed by atoms with van der Waals surface area (Å²) >= 11 is 1.39. The number of amides is 1. The van der Waals surface area contributed by atoms with Gasteiger partial charge in [0.15, 0.2) is 5.69 Å². The van der Waals surface area contributed by atoms with E-state index in [0.717, 1.165) is 32.7 Å². The molecule has 2 aromatic heterocycles. The summed E-state index contributed by atoms with van der Waals surface area (Å²) in [6.07, 6.45) is 0. The van der Waals surface area contributed by atoms with Crippen molar-refractivity contribution >= 4 is 38.8 Å². The molecule has 0 radical (unpaired) electrons. The number of aryl methyl sites for hydroxylation is 3. The van der Waals surface area contributed by atoms with E-state index >= 15 is 0 Å². The quantitative estimate of drug-likeness (QED) is 0.760. The Balaban J connectivity index is 2.01. The molecule has 0 aliphatic heterocycles. The maximum Gasteiger partial charge on any atom is 0.270 e. The van der Waals surface area contributed by atoms with Crippen LogP contribution in [0.5, 0.6) is 0 Å². The van der Waals surface area contributed by atoms with Crippen molar-refractivity contribution in [1.82, 2.24) is 0 Å². The zero-order valence-corrected chi connectivity index (χ0v) is 13.6. The molecule has 1 amide bonds. The molecule has 3 aromatic rings. The minimum Gasteiger partial charge on any atom is -0.397 e. The Morgan fingerprint density at radius 1 is 1.23 bits per heavy atom. The summed E-state index contributed by atoms with van der Waals surface area (Å²) in [5, 5.41) is 3.85.